The molecule has 3 aromatic rings. The summed E-state index contributed by atoms with van der Waals surface area (Å²) in [5.41, 5.74) is 0.383. The minimum absolute atomic E-state index is 0.0280. The van der Waals surface area contributed by atoms with Crippen LogP contribution in [0, 0.1) is 23.2 Å². The maximum Gasteiger partial charge on any atom is 0.460 e. The largest absolute Gasteiger partial charge is 0.489 e. The Kier molecular flexibility index (Phi) is 9.89. The molecule has 2 nitrogen and oxygen atoms in total. The lowest BCUT2D eigenvalue weighted by atomic mass is 9.50. The van der Waals surface area contributed by atoms with Gasteiger partial charge in [0.2, 0.25) is 0 Å². The van der Waals surface area contributed by atoms with Crippen molar-refractivity contribution in [2.24, 2.45) is 23.2 Å². The monoisotopic (exact) mass is 770 g/mol. The van der Waals surface area contributed by atoms with Crippen molar-refractivity contribution in [3.8, 4) is 5.75 Å². The van der Waals surface area contributed by atoms with Crippen LogP contribution in [0.2, 0.25) is 0 Å². The van der Waals surface area contributed by atoms with Crippen LogP contribution < -0.4 is 4.74 Å². The third-order valence-electron chi connectivity index (χ3n) is 11.6. The quantitative estimate of drug-likeness (QED) is 0.181. The summed E-state index contributed by atoms with van der Waals surface area (Å²) in [5.74, 6) is -43.0. The summed E-state index contributed by atoms with van der Waals surface area (Å²) in [6, 6.07) is 21.6. The van der Waals surface area contributed by atoms with Crippen LogP contribution in [0.4, 0.5) is 57.1 Å². The van der Waals surface area contributed by atoms with Crippen LogP contribution >= 0.6 is 0 Å². The summed E-state index contributed by atoms with van der Waals surface area (Å²) < 4.78 is 201. The van der Waals surface area contributed by atoms with E-state index < -0.39 is 77.4 Å². The number of alkyl halides is 13. The molecular formula is C38H35F13O2. The maximum atomic E-state index is 16.5. The van der Waals surface area contributed by atoms with Crippen LogP contribution in [0.25, 0.3) is 0 Å². The molecule has 2 saturated carbocycles. The predicted molar refractivity (Wildman–Crippen MR) is 167 cm³/mol. The lowest BCUT2D eigenvalue weighted by molar-refractivity contribution is -0.444. The molecule has 2 fully saturated rings. The van der Waals surface area contributed by atoms with Gasteiger partial charge in [-0.25, -0.2) is 0 Å². The summed E-state index contributed by atoms with van der Waals surface area (Å²) in [6.07, 6.45) is -8.50. The average Bonchev–Trinajstić information content (AvgIpc) is 3.44. The first-order valence-electron chi connectivity index (χ1n) is 17.0. The van der Waals surface area contributed by atoms with Gasteiger partial charge >= 0.3 is 35.8 Å². The summed E-state index contributed by atoms with van der Waals surface area (Å²) >= 11 is 0. The van der Waals surface area contributed by atoms with Crippen LogP contribution in [0.15, 0.2) is 78.9 Å². The average molecular weight is 771 g/mol. The zero-order valence-electron chi connectivity index (χ0n) is 28.1. The zero-order chi connectivity index (χ0) is 38.8. The molecule has 6 atom stereocenters. The molecule has 0 spiro atoms. The number of hydrogen-bond acceptors (Lipinski definition) is 2. The highest BCUT2D eigenvalue weighted by Gasteiger charge is 2.91. The second-order valence-electron chi connectivity index (χ2n) is 14.6. The van der Waals surface area contributed by atoms with Crippen molar-refractivity contribution in [2.75, 3.05) is 0 Å². The summed E-state index contributed by atoms with van der Waals surface area (Å²) in [7, 11) is 0. The van der Waals surface area contributed by atoms with Gasteiger partial charge in [0.25, 0.3) is 0 Å². The lowest BCUT2D eigenvalue weighted by Gasteiger charge is -2.56. The van der Waals surface area contributed by atoms with Crippen molar-refractivity contribution < 1.29 is 66.5 Å². The number of aryl methyl sites for hydroxylation is 1. The molecule has 0 bridgehead atoms. The molecule has 290 valence electrons. The van der Waals surface area contributed by atoms with Gasteiger partial charge in [-0.15, -0.1) is 0 Å². The molecule has 0 radical (unpaired) electrons. The van der Waals surface area contributed by atoms with Gasteiger partial charge in [-0.05, 0) is 89.7 Å². The second-order valence-corrected chi connectivity index (χ2v) is 14.6. The molecule has 0 amide bonds. The SMILES string of the molecule is C[C@]12C[C@H](C(F)(F)C(F)(F)C(F)(F)C(F)(F)C(F)(F)C(F)(F)F)[C@@H]3c4ccc(OCc5ccccc5)cc4CC[C@H]3[C@@H]1CC[C@@H]2OCc1ccccc1. The van der Waals surface area contributed by atoms with Gasteiger partial charge in [0, 0.05) is 5.92 Å². The summed E-state index contributed by atoms with van der Waals surface area (Å²) in [6.45, 7) is 1.51. The van der Waals surface area contributed by atoms with Crippen LogP contribution in [0.5, 0.6) is 5.75 Å². The van der Waals surface area contributed by atoms with Crippen molar-refractivity contribution in [1.29, 1.82) is 0 Å². The molecule has 3 aliphatic carbocycles. The molecule has 3 aliphatic rings. The van der Waals surface area contributed by atoms with E-state index in [4.69, 9.17) is 9.47 Å². The molecule has 6 rings (SSSR count). The van der Waals surface area contributed by atoms with Gasteiger partial charge in [0.15, 0.2) is 0 Å². The predicted octanol–water partition coefficient (Wildman–Crippen LogP) is 11.7. The van der Waals surface area contributed by atoms with E-state index in [1.165, 1.54) is 25.1 Å². The Morgan fingerprint density at radius 3 is 1.79 bits per heavy atom. The number of halogens is 13. The first-order valence-corrected chi connectivity index (χ1v) is 17.0. The Morgan fingerprint density at radius 1 is 0.642 bits per heavy atom. The van der Waals surface area contributed by atoms with Crippen molar-refractivity contribution >= 4 is 0 Å². The topological polar surface area (TPSA) is 18.5 Å². The smallest absolute Gasteiger partial charge is 0.460 e. The molecule has 0 N–H and O–H groups in total. The molecule has 0 aliphatic heterocycles. The minimum atomic E-state index is -7.96. The van der Waals surface area contributed by atoms with Crippen molar-refractivity contribution in [2.45, 2.75) is 100 Å². The van der Waals surface area contributed by atoms with E-state index in [1.54, 1.807) is 60.7 Å². The minimum Gasteiger partial charge on any atom is -0.489 e. The van der Waals surface area contributed by atoms with Crippen LogP contribution in [0.1, 0.15) is 60.8 Å². The first kappa shape index (κ1) is 39.2. The number of ether oxygens (including phenoxy) is 2. The van der Waals surface area contributed by atoms with Gasteiger partial charge in [-0.3, -0.25) is 0 Å². The van der Waals surface area contributed by atoms with Crippen LogP contribution in [-0.4, -0.2) is 41.9 Å². The highest BCUT2D eigenvalue weighted by atomic mass is 19.4. The molecule has 15 heteroatoms. The maximum absolute atomic E-state index is 16.5. The van der Waals surface area contributed by atoms with Crippen molar-refractivity contribution in [3.05, 3.63) is 101 Å². The van der Waals surface area contributed by atoms with E-state index in [0.29, 0.717) is 17.5 Å². The molecule has 3 aromatic carbocycles. The second kappa shape index (κ2) is 13.4. The Morgan fingerprint density at radius 2 is 1.21 bits per heavy atom. The standard InChI is InChI=1S/C38H35F13O2/c1-32-19-29(33(39,40)34(41,42)35(43,44)36(45,46)37(47,48)38(49,50)51)31-26-15-13-25(52-20-22-8-4-2-5-9-22)18-24(26)12-14-27(31)28(32)16-17-30(32)53-21-23-10-6-3-7-11-23/h2-11,13,15,18,27-31H,12,14,16-17,19-21H2,1H3/t27-,28-,29-,30-,31+,32-/m0/s1. The molecular weight excluding hydrogens is 735 g/mol. The van der Waals surface area contributed by atoms with E-state index in [-0.39, 0.29) is 43.8 Å². The highest BCUT2D eigenvalue weighted by Crippen LogP contribution is 2.69. The zero-order valence-corrected chi connectivity index (χ0v) is 28.1. The van der Waals surface area contributed by atoms with E-state index in [0.717, 1.165) is 5.56 Å². The Hall–Kier alpha value is -3.49. The van der Waals surface area contributed by atoms with E-state index in [2.05, 4.69) is 0 Å². The number of hydrogen-bond donors (Lipinski definition) is 0. The van der Waals surface area contributed by atoms with E-state index in [1.807, 2.05) is 0 Å². The Balaban J connectivity index is 1.41. The van der Waals surface area contributed by atoms with Gasteiger partial charge in [-0.2, -0.15) is 57.1 Å². The van der Waals surface area contributed by atoms with Gasteiger partial charge in [-0.1, -0.05) is 73.7 Å². The number of benzene rings is 3. The fourth-order valence-electron chi connectivity index (χ4n) is 8.88. The molecule has 0 saturated heterocycles. The van der Waals surface area contributed by atoms with E-state index >= 15 is 26.3 Å². The van der Waals surface area contributed by atoms with Crippen LogP contribution in [0.3, 0.4) is 0 Å². The molecule has 0 heterocycles. The molecule has 0 aromatic heterocycles. The number of fused-ring (bicyclic) bond motifs is 5. The van der Waals surface area contributed by atoms with Crippen LogP contribution in [-0.2, 0) is 24.4 Å². The van der Waals surface area contributed by atoms with Gasteiger partial charge in [0.05, 0.1) is 12.7 Å². The van der Waals surface area contributed by atoms with Gasteiger partial charge in [0.1, 0.15) is 12.4 Å². The number of rotatable bonds is 11. The highest BCUT2D eigenvalue weighted by molar-refractivity contribution is 5.42. The fraction of sp³-hybridized carbons (Fsp3) is 0.526. The Labute approximate surface area is 296 Å². The third-order valence-corrected chi connectivity index (χ3v) is 11.6. The van der Waals surface area contributed by atoms with Crippen molar-refractivity contribution in [3.63, 3.8) is 0 Å². The third kappa shape index (κ3) is 6.26. The summed E-state index contributed by atoms with van der Waals surface area (Å²) in [4.78, 5) is 0. The Bertz CT molecular complexity index is 1750. The summed E-state index contributed by atoms with van der Waals surface area (Å²) in [5, 5.41) is 0. The van der Waals surface area contributed by atoms with Gasteiger partial charge < -0.3 is 9.47 Å². The normalized spacial score (nSPS) is 26.8. The van der Waals surface area contributed by atoms with E-state index in [9.17, 15) is 30.7 Å². The molecule has 0 unspecified atom stereocenters. The fourth-order valence-corrected chi connectivity index (χ4v) is 8.88. The lowest BCUT2D eigenvalue weighted by Crippen LogP contribution is -2.72. The molecule has 53 heavy (non-hydrogen) atoms. The van der Waals surface area contributed by atoms with Crippen molar-refractivity contribution in [1.82, 2.24) is 0 Å². The first-order chi connectivity index (χ1) is 24.6.